The topological polar surface area (TPSA) is 72.9 Å². The van der Waals surface area contributed by atoms with Gasteiger partial charge in [0.1, 0.15) is 5.82 Å². The van der Waals surface area contributed by atoms with Crippen molar-refractivity contribution in [3.8, 4) is 0 Å². The van der Waals surface area contributed by atoms with Crippen LogP contribution in [-0.4, -0.2) is 21.7 Å². The Morgan fingerprint density at radius 1 is 1.27 bits per heavy atom. The fourth-order valence-corrected chi connectivity index (χ4v) is 2.83. The highest BCUT2D eigenvalue weighted by atomic mass is 16.2. The number of anilines is 1. The van der Waals surface area contributed by atoms with E-state index in [1.54, 1.807) is 0 Å². The number of nitrogens with two attached hydrogens (primary N) is 1. The van der Waals surface area contributed by atoms with Gasteiger partial charge in [0.05, 0.1) is 11.2 Å². The van der Waals surface area contributed by atoms with Gasteiger partial charge >= 0.3 is 0 Å². The lowest BCUT2D eigenvalue weighted by molar-refractivity contribution is -0.119. The van der Waals surface area contributed by atoms with Gasteiger partial charge in [-0.05, 0) is 40.0 Å². The fourth-order valence-electron chi connectivity index (χ4n) is 2.83. The summed E-state index contributed by atoms with van der Waals surface area (Å²) in [5.74, 6) is 0.873. The molecule has 0 aromatic carbocycles. The van der Waals surface area contributed by atoms with Crippen LogP contribution in [0.5, 0.6) is 0 Å². The Bertz CT molecular complexity index is 548. The van der Waals surface area contributed by atoms with Crippen molar-refractivity contribution in [2.75, 3.05) is 5.32 Å². The number of aromatic nitrogens is 2. The highest BCUT2D eigenvalue weighted by Crippen LogP contribution is 2.30. The zero-order valence-corrected chi connectivity index (χ0v) is 14.7. The highest BCUT2D eigenvalue weighted by molar-refractivity contribution is 5.92. The largest absolute Gasteiger partial charge is 0.328 e. The van der Waals surface area contributed by atoms with Gasteiger partial charge in [0.2, 0.25) is 5.91 Å². The summed E-state index contributed by atoms with van der Waals surface area (Å²) in [6.45, 7) is 12.7. The number of amides is 1. The van der Waals surface area contributed by atoms with Gasteiger partial charge in [-0.3, -0.25) is 4.79 Å². The first kappa shape index (κ1) is 17.0. The summed E-state index contributed by atoms with van der Waals surface area (Å²) in [6.07, 6.45) is 2.59. The predicted octanol–water partition coefficient (Wildman–Crippen LogP) is 3.00. The Kier molecular flexibility index (Phi) is 4.39. The number of hydrogen-bond donors (Lipinski definition) is 2. The molecule has 0 radical (unpaired) electrons. The molecule has 5 nitrogen and oxygen atoms in total. The molecule has 0 aliphatic heterocycles. The van der Waals surface area contributed by atoms with Gasteiger partial charge in [-0.2, -0.15) is 5.10 Å². The summed E-state index contributed by atoms with van der Waals surface area (Å²) in [4.78, 5) is 12.5. The van der Waals surface area contributed by atoms with Gasteiger partial charge in [0, 0.05) is 23.4 Å². The van der Waals surface area contributed by atoms with Crippen LogP contribution in [0.15, 0.2) is 6.07 Å². The average Bonchev–Trinajstić information content (AvgIpc) is 2.93. The average molecular weight is 306 g/mol. The monoisotopic (exact) mass is 306 g/mol. The molecular formula is C17H30N4O. The van der Waals surface area contributed by atoms with E-state index in [4.69, 9.17) is 10.8 Å². The first-order valence-corrected chi connectivity index (χ1v) is 8.16. The molecule has 1 aromatic rings. The van der Waals surface area contributed by atoms with Gasteiger partial charge in [-0.1, -0.05) is 20.8 Å². The molecule has 3 N–H and O–H groups in total. The molecule has 22 heavy (non-hydrogen) atoms. The molecule has 2 atom stereocenters. The zero-order valence-electron chi connectivity index (χ0n) is 14.7. The van der Waals surface area contributed by atoms with Crippen LogP contribution in [0.2, 0.25) is 0 Å². The van der Waals surface area contributed by atoms with Crippen molar-refractivity contribution in [1.29, 1.82) is 0 Å². The van der Waals surface area contributed by atoms with Crippen LogP contribution >= 0.6 is 0 Å². The summed E-state index contributed by atoms with van der Waals surface area (Å²) in [5, 5.41) is 7.80. The zero-order chi connectivity index (χ0) is 16.7. The van der Waals surface area contributed by atoms with E-state index in [0.717, 1.165) is 30.8 Å². The van der Waals surface area contributed by atoms with Crippen molar-refractivity contribution >= 4 is 11.7 Å². The van der Waals surface area contributed by atoms with Crippen molar-refractivity contribution in [1.82, 2.24) is 9.78 Å². The fraction of sp³-hybridized carbons (Fsp3) is 0.765. The number of carbonyl (C=O) groups is 1. The van der Waals surface area contributed by atoms with Gasteiger partial charge in [0.15, 0.2) is 0 Å². The van der Waals surface area contributed by atoms with E-state index in [2.05, 4.69) is 46.9 Å². The molecule has 2 unspecified atom stereocenters. The summed E-state index contributed by atoms with van der Waals surface area (Å²) in [7, 11) is 0. The molecule has 124 valence electrons. The summed E-state index contributed by atoms with van der Waals surface area (Å²) in [6, 6.07) is 2.16. The molecular weight excluding hydrogens is 276 g/mol. The van der Waals surface area contributed by atoms with E-state index < -0.39 is 0 Å². The second-order valence-electron chi connectivity index (χ2n) is 8.51. The molecule has 5 heteroatoms. The van der Waals surface area contributed by atoms with Gasteiger partial charge in [-0.15, -0.1) is 0 Å². The maximum Gasteiger partial charge on any atom is 0.228 e. The minimum atomic E-state index is -0.182. The molecule has 1 aliphatic rings. The lowest BCUT2D eigenvalue weighted by atomic mass is 9.92. The van der Waals surface area contributed by atoms with E-state index in [1.165, 1.54) is 0 Å². The molecule has 0 spiro atoms. The first-order chi connectivity index (χ1) is 9.98. The molecule has 1 fully saturated rings. The third-order valence-corrected chi connectivity index (χ3v) is 4.21. The van der Waals surface area contributed by atoms with Gasteiger partial charge in [-0.25, -0.2) is 4.68 Å². The quantitative estimate of drug-likeness (QED) is 0.882. The summed E-state index contributed by atoms with van der Waals surface area (Å²) >= 11 is 0. The molecule has 0 saturated heterocycles. The first-order valence-electron chi connectivity index (χ1n) is 8.16. The lowest BCUT2D eigenvalue weighted by Gasteiger charge is -2.23. The maximum absolute atomic E-state index is 12.5. The van der Waals surface area contributed by atoms with E-state index in [0.29, 0.717) is 0 Å². The lowest BCUT2D eigenvalue weighted by Crippen LogP contribution is -2.29. The van der Waals surface area contributed by atoms with Crippen LogP contribution in [0.1, 0.15) is 66.5 Å². The number of nitrogens with zero attached hydrogens (tertiary/aromatic N) is 2. The van der Waals surface area contributed by atoms with E-state index in [-0.39, 0.29) is 28.8 Å². The van der Waals surface area contributed by atoms with Crippen molar-refractivity contribution < 1.29 is 4.79 Å². The van der Waals surface area contributed by atoms with Crippen LogP contribution in [0.3, 0.4) is 0 Å². The van der Waals surface area contributed by atoms with Crippen molar-refractivity contribution in [2.24, 2.45) is 11.7 Å². The Hall–Kier alpha value is -1.36. The minimum Gasteiger partial charge on any atom is -0.328 e. The van der Waals surface area contributed by atoms with Crippen molar-refractivity contribution in [2.45, 2.75) is 77.8 Å². The third kappa shape index (κ3) is 3.69. The highest BCUT2D eigenvalue weighted by Gasteiger charge is 2.30. The second-order valence-corrected chi connectivity index (χ2v) is 8.51. The smallest absolute Gasteiger partial charge is 0.228 e. The number of rotatable bonds is 2. The van der Waals surface area contributed by atoms with Gasteiger partial charge < -0.3 is 11.1 Å². The second kappa shape index (κ2) is 5.69. The normalized spacial score (nSPS) is 22.9. The summed E-state index contributed by atoms with van der Waals surface area (Å²) in [5.41, 5.74) is 6.67. The Morgan fingerprint density at radius 2 is 1.91 bits per heavy atom. The third-order valence-electron chi connectivity index (χ3n) is 4.21. The van der Waals surface area contributed by atoms with Crippen molar-refractivity contribution in [3.05, 3.63) is 11.8 Å². The van der Waals surface area contributed by atoms with Gasteiger partial charge in [0.25, 0.3) is 0 Å². The van der Waals surface area contributed by atoms with Crippen LogP contribution in [0.4, 0.5) is 5.82 Å². The molecule has 1 aromatic heterocycles. The molecule has 1 amide bonds. The molecule has 1 saturated carbocycles. The Labute approximate surface area is 133 Å². The van der Waals surface area contributed by atoms with Crippen LogP contribution in [-0.2, 0) is 15.7 Å². The van der Waals surface area contributed by atoms with E-state index in [9.17, 15) is 4.79 Å². The van der Waals surface area contributed by atoms with Crippen molar-refractivity contribution in [3.63, 3.8) is 0 Å². The Balaban J connectivity index is 2.25. The summed E-state index contributed by atoms with van der Waals surface area (Å²) < 4.78 is 1.92. The van der Waals surface area contributed by atoms with Crippen LogP contribution < -0.4 is 11.1 Å². The minimum absolute atomic E-state index is 0.0244. The molecule has 0 bridgehead atoms. The number of nitrogens with one attached hydrogen (secondary N) is 1. The maximum atomic E-state index is 12.5. The molecule has 1 heterocycles. The van der Waals surface area contributed by atoms with Crippen LogP contribution in [0, 0.1) is 5.92 Å². The SMILES string of the molecule is CC(C)(C)c1cc(NC(=O)C2CCC(N)C2)n(C(C)(C)C)n1. The standard InChI is InChI=1S/C17H30N4O/c1-16(2,3)13-10-14(21(20-13)17(4,5)6)19-15(22)11-7-8-12(18)9-11/h10-12H,7-9,18H2,1-6H3,(H,19,22). The number of carbonyl (C=O) groups excluding carboxylic acids is 1. The molecule has 2 rings (SSSR count). The number of hydrogen-bond acceptors (Lipinski definition) is 3. The van der Waals surface area contributed by atoms with Crippen LogP contribution in [0.25, 0.3) is 0 Å². The Morgan fingerprint density at radius 3 is 2.36 bits per heavy atom. The predicted molar refractivity (Wildman–Crippen MR) is 89.9 cm³/mol. The molecule has 1 aliphatic carbocycles. The van der Waals surface area contributed by atoms with E-state index in [1.807, 2.05) is 10.7 Å². The van der Waals surface area contributed by atoms with E-state index >= 15 is 0 Å².